The van der Waals surface area contributed by atoms with Crippen molar-refractivity contribution in [3.63, 3.8) is 0 Å². The Kier molecular flexibility index (Phi) is 7.00. The molecule has 0 radical (unpaired) electrons. The second kappa shape index (κ2) is 9.87. The van der Waals surface area contributed by atoms with E-state index in [9.17, 15) is 9.59 Å². The molecule has 0 aliphatic rings. The number of halogens is 1. The van der Waals surface area contributed by atoms with Crippen LogP contribution in [0.1, 0.15) is 15.9 Å². The monoisotopic (exact) mass is 408 g/mol. The normalized spacial score (nSPS) is 11.5. The fourth-order valence-corrected chi connectivity index (χ4v) is 3.12. The highest BCUT2D eigenvalue weighted by molar-refractivity contribution is 6.30. The van der Waals surface area contributed by atoms with Crippen molar-refractivity contribution in [1.82, 2.24) is 0 Å². The van der Waals surface area contributed by atoms with Crippen molar-refractivity contribution in [2.24, 2.45) is 0 Å². The maximum atomic E-state index is 12.6. The molecular weight excluding hydrogens is 386 g/mol. The standard InChI is InChI=1S/C23H22ClN3O2/c1-27(15-17-11-13-18(24)14-12-17)16-22(28)26-21-10-6-5-9-20(21)23(29)25-19-7-3-2-4-8-19/h2-14H,15-16H2,1H3,(H,25,29)(H,26,28)/p+1. The highest BCUT2D eigenvalue weighted by Gasteiger charge is 2.16. The van der Waals surface area contributed by atoms with E-state index >= 15 is 0 Å². The van der Waals surface area contributed by atoms with Gasteiger partial charge in [0.05, 0.1) is 18.3 Å². The van der Waals surface area contributed by atoms with Crippen LogP contribution < -0.4 is 15.5 Å². The molecule has 0 aromatic heterocycles. The molecule has 2 amide bonds. The van der Waals surface area contributed by atoms with Gasteiger partial charge in [0.15, 0.2) is 6.54 Å². The van der Waals surface area contributed by atoms with Gasteiger partial charge in [-0.05, 0) is 36.4 Å². The molecule has 6 heteroatoms. The summed E-state index contributed by atoms with van der Waals surface area (Å²) in [6, 6.07) is 23.8. The van der Waals surface area contributed by atoms with Gasteiger partial charge in [0, 0.05) is 16.3 Å². The summed E-state index contributed by atoms with van der Waals surface area (Å²) in [5, 5.41) is 6.39. The number of carbonyl (C=O) groups excluding carboxylic acids is 2. The van der Waals surface area contributed by atoms with Crippen LogP contribution >= 0.6 is 11.6 Å². The van der Waals surface area contributed by atoms with Crippen molar-refractivity contribution >= 4 is 34.8 Å². The van der Waals surface area contributed by atoms with E-state index in [2.05, 4.69) is 10.6 Å². The molecule has 3 rings (SSSR count). The maximum absolute atomic E-state index is 12.6. The first-order valence-electron chi connectivity index (χ1n) is 9.32. The third-order valence-corrected chi connectivity index (χ3v) is 4.61. The van der Waals surface area contributed by atoms with Crippen LogP contribution in [0, 0.1) is 0 Å². The van der Waals surface area contributed by atoms with Gasteiger partial charge >= 0.3 is 0 Å². The molecule has 1 unspecified atom stereocenters. The van der Waals surface area contributed by atoms with E-state index in [1.807, 2.05) is 61.6 Å². The van der Waals surface area contributed by atoms with Crippen molar-refractivity contribution in [2.75, 3.05) is 24.2 Å². The Morgan fingerprint density at radius 1 is 0.862 bits per heavy atom. The quantitative estimate of drug-likeness (QED) is 0.562. The van der Waals surface area contributed by atoms with E-state index in [1.54, 1.807) is 24.3 Å². The predicted molar refractivity (Wildman–Crippen MR) is 116 cm³/mol. The van der Waals surface area contributed by atoms with Gasteiger partial charge in [0.25, 0.3) is 11.8 Å². The molecule has 0 saturated carbocycles. The number of quaternary nitrogens is 1. The van der Waals surface area contributed by atoms with Crippen molar-refractivity contribution in [2.45, 2.75) is 6.54 Å². The van der Waals surface area contributed by atoms with E-state index in [4.69, 9.17) is 11.6 Å². The number of benzene rings is 3. The first-order valence-corrected chi connectivity index (χ1v) is 9.70. The van der Waals surface area contributed by atoms with Crippen LogP contribution in [0.15, 0.2) is 78.9 Å². The highest BCUT2D eigenvalue weighted by Crippen LogP contribution is 2.17. The average Bonchev–Trinajstić information content (AvgIpc) is 2.70. The molecule has 1 atom stereocenters. The predicted octanol–water partition coefficient (Wildman–Crippen LogP) is 3.25. The molecule has 0 bridgehead atoms. The van der Waals surface area contributed by atoms with Crippen LogP contribution in [0.25, 0.3) is 0 Å². The molecule has 148 valence electrons. The van der Waals surface area contributed by atoms with Crippen molar-refractivity contribution in [1.29, 1.82) is 0 Å². The molecule has 0 fully saturated rings. The smallest absolute Gasteiger partial charge is 0.279 e. The molecule has 5 nitrogen and oxygen atoms in total. The van der Waals surface area contributed by atoms with Crippen LogP contribution in [0.4, 0.5) is 11.4 Å². The van der Waals surface area contributed by atoms with Crippen LogP contribution in [0.5, 0.6) is 0 Å². The molecule has 29 heavy (non-hydrogen) atoms. The zero-order valence-electron chi connectivity index (χ0n) is 16.1. The maximum Gasteiger partial charge on any atom is 0.279 e. The van der Waals surface area contributed by atoms with Gasteiger partial charge in [0.2, 0.25) is 0 Å². The molecule has 0 heterocycles. The van der Waals surface area contributed by atoms with Crippen LogP contribution in [0.2, 0.25) is 5.02 Å². The lowest BCUT2D eigenvalue weighted by Crippen LogP contribution is -3.08. The summed E-state index contributed by atoms with van der Waals surface area (Å²) >= 11 is 5.91. The minimum Gasteiger partial charge on any atom is -0.326 e. The molecule has 0 spiro atoms. The summed E-state index contributed by atoms with van der Waals surface area (Å²) in [4.78, 5) is 26.2. The molecule has 0 aliphatic carbocycles. The fourth-order valence-electron chi connectivity index (χ4n) is 2.99. The SMILES string of the molecule is C[NH+](CC(=O)Nc1ccccc1C(=O)Nc1ccccc1)Cc1ccc(Cl)cc1. The van der Waals surface area contributed by atoms with Gasteiger partial charge < -0.3 is 15.5 Å². The first kappa shape index (κ1) is 20.6. The van der Waals surface area contributed by atoms with E-state index in [0.717, 1.165) is 10.5 Å². The Bertz CT molecular complexity index is 975. The van der Waals surface area contributed by atoms with Crippen LogP contribution in [-0.4, -0.2) is 25.4 Å². The largest absolute Gasteiger partial charge is 0.326 e. The van der Waals surface area contributed by atoms with Gasteiger partial charge in [0.1, 0.15) is 6.54 Å². The summed E-state index contributed by atoms with van der Waals surface area (Å²) in [7, 11) is 1.95. The molecule has 0 saturated heterocycles. The molecule has 0 aliphatic heterocycles. The Hall–Kier alpha value is -3.15. The number of hydrogen-bond acceptors (Lipinski definition) is 2. The summed E-state index contributed by atoms with van der Waals surface area (Å²) in [6.45, 7) is 0.970. The lowest BCUT2D eigenvalue weighted by molar-refractivity contribution is -0.885. The number of hydrogen-bond donors (Lipinski definition) is 3. The molecule has 3 N–H and O–H groups in total. The topological polar surface area (TPSA) is 62.6 Å². The van der Waals surface area contributed by atoms with Crippen LogP contribution in [0.3, 0.4) is 0 Å². The summed E-state index contributed by atoms with van der Waals surface area (Å²) in [5.41, 5.74) is 2.71. The van der Waals surface area contributed by atoms with Gasteiger partial charge in [-0.2, -0.15) is 0 Å². The number of anilines is 2. The number of nitrogens with one attached hydrogen (secondary N) is 3. The average molecular weight is 409 g/mol. The van der Waals surface area contributed by atoms with Crippen LogP contribution in [-0.2, 0) is 11.3 Å². The van der Waals surface area contributed by atoms with Crippen molar-refractivity contribution < 1.29 is 14.5 Å². The van der Waals surface area contributed by atoms with Gasteiger partial charge in [-0.1, -0.05) is 54.1 Å². The van der Waals surface area contributed by atoms with E-state index in [0.29, 0.717) is 28.5 Å². The number of amides is 2. The minimum absolute atomic E-state index is 0.156. The lowest BCUT2D eigenvalue weighted by atomic mass is 10.1. The van der Waals surface area contributed by atoms with Gasteiger partial charge in [-0.15, -0.1) is 0 Å². The molecular formula is C23H23ClN3O2+. The van der Waals surface area contributed by atoms with E-state index in [1.165, 1.54) is 0 Å². The number of likely N-dealkylation sites (N-methyl/N-ethyl adjacent to an activating group) is 1. The Balaban J connectivity index is 1.61. The first-order chi connectivity index (χ1) is 14.0. The third kappa shape index (κ3) is 6.17. The van der Waals surface area contributed by atoms with E-state index in [-0.39, 0.29) is 18.4 Å². The minimum atomic E-state index is -0.269. The number of rotatable bonds is 7. The zero-order chi connectivity index (χ0) is 20.6. The van der Waals surface area contributed by atoms with Gasteiger partial charge in [-0.25, -0.2) is 0 Å². The Morgan fingerprint density at radius 2 is 1.52 bits per heavy atom. The molecule has 3 aromatic rings. The Morgan fingerprint density at radius 3 is 2.24 bits per heavy atom. The fraction of sp³-hybridized carbons (Fsp3) is 0.130. The van der Waals surface area contributed by atoms with E-state index < -0.39 is 0 Å². The highest BCUT2D eigenvalue weighted by atomic mass is 35.5. The summed E-state index contributed by atoms with van der Waals surface area (Å²) in [6.07, 6.45) is 0. The summed E-state index contributed by atoms with van der Waals surface area (Å²) < 4.78 is 0. The second-order valence-corrected chi connectivity index (χ2v) is 7.29. The Labute approximate surface area is 175 Å². The second-order valence-electron chi connectivity index (χ2n) is 6.85. The number of para-hydroxylation sites is 2. The zero-order valence-corrected chi connectivity index (χ0v) is 16.9. The third-order valence-electron chi connectivity index (χ3n) is 4.36. The number of carbonyl (C=O) groups is 2. The van der Waals surface area contributed by atoms with Gasteiger partial charge in [-0.3, -0.25) is 9.59 Å². The molecule has 3 aromatic carbocycles. The van der Waals surface area contributed by atoms with Crippen molar-refractivity contribution in [3.8, 4) is 0 Å². The summed E-state index contributed by atoms with van der Waals surface area (Å²) in [5.74, 6) is -0.426. The van der Waals surface area contributed by atoms with Crippen molar-refractivity contribution in [3.05, 3.63) is 95.0 Å². The lowest BCUT2D eigenvalue weighted by Gasteiger charge is -2.15.